The van der Waals surface area contributed by atoms with E-state index in [-0.39, 0.29) is 5.91 Å². The van der Waals surface area contributed by atoms with Gasteiger partial charge in [0.05, 0.1) is 26.2 Å². The van der Waals surface area contributed by atoms with Crippen molar-refractivity contribution in [2.75, 3.05) is 31.3 Å². The largest absolute Gasteiger partial charge is 0.493 e. The van der Waals surface area contributed by atoms with Crippen molar-refractivity contribution in [3.05, 3.63) is 53.1 Å². The van der Waals surface area contributed by atoms with Gasteiger partial charge in [0.1, 0.15) is 6.04 Å². The van der Waals surface area contributed by atoms with Crippen LogP contribution in [0.5, 0.6) is 11.5 Å². The lowest BCUT2D eigenvalue weighted by Crippen LogP contribution is -2.49. The van der Waals surface area contributed by atoms with E-state index in [9.17, 15) is 13.2 Å². The number of rotatable bonds is 10. The molecule has 1 atom stereocenters. The molecule has 0 bridgehead atoms. The number of nitrogens with one attached hydrogen (secondary N) is 1. The maximum absolute atomic E-state index is 12.8. The minimum atomic E-state index is -3.70. The summed E-state index contributed by atoms with van der Waals surface area (Å²) in [4.78, 5) is 12.8. The molecule has 0 aromatic heterocycles. The smallest absolute Gasteiger partial charge is 0.243 e. The molecule has 0 fully saturated rings. The molecule has 30 heavy (non-hydrogen) atoms. The van der Waals surface area contributed by atoms with Gasteiger partial charge < -0.3 is 14.8 Å². The van der Waals surface area contributed by atoms with Crippen LogP contribution >= 0.6 is 11.6 Å². The Bertz CT molecular complexity index is 981. The highest BCUT2D eigenvalue weighted by atomic mass is 35.5. The number of benzene rings is 2. The molecule has 0 heterocycles. The van der Waals surface area contributed by atoms with Crippen LogP contribution in [0, 0.1) is 0 Å². The van der Waals surface area contributed by atoms with Crippen molar-refractivity contribution in [3.8, 4) is 11.5 Å². The second-order valence-electron chi connectivity index (χ2n) is 6.69. The highest BCUT2D eigenvalue weighted by Crippen LogP contribution is 2.28. The first-order chi connectivity index (χ1) is 14.2. The van der Waals surface area contributed by atoms with Crippen molar-refractivity contribution in [1.29, 1.82) is 0 Å². The topological polar surface area (TPSA) is 84.9 Å². The SMILES string of the molecule is CC[C@@H](C(=O)NCCc1ccc(OC)c(OC)c1)N(c1cccc(Cl)c1)S(C)(=O)=O. The molecule has 0 aliphatic carbocycles. The highest BCUT2D eigenvalue weighted by Gasteiger charge is 2.31. The summed E-state index contributed by atoms with van der Waals surface area (Å²) in [6, 6.07) is 11.1. The Morgan fingerprint density at radius 3 is 2.40 bits per heavy atom. The zero-order chi connectivity index (χ0) is 22.3. The molecule has 0 radical (unpaired) electrons. The molecule has 0 saturated heterocycles. The predicted octanol–water partition coefficient (Wildman–Crippen LogP) is 3.26. The molecule has 7 nitrogen and oxygen atoms in total. The molecule has 0 aliphatic rings. The molecule has 2 aromatic carbocycles. The number of carbonyl (C=O) groups excluding carboxylic acids is 1. The first kappa shape index (κ1) is 23.8. The third-order valence-electron chi connectivity index (χ3n) is 4.55. The lowest BCUT2D eigenvalue weighted by atomic mass is 10.1. The normalized spacial score (nSPS) is 12.2. The summed E-state index contributed by atoms with van der Waals surface area (Å²) in [7, 11) is -0.576. The standard InChI is InChI=1S/C21H27ClN2O5S/c1-5-18(24(30(4,26)27)17-8-6-7-16(22)14-17)21(25)23-12-11-15-9-10-19(28-2)20(13-15)29-3/h6-10,13-14,18H,5,11-12H2,1-4H3,(H,23,25)/t18-/m0/s1. The van der Waals surface area contributed by atoms with Gasteiger partial charge in [-0.05, 0) is 48.7 Å². The van der Waals surface area contributed by atoms with Gasteiger partial charge in [-0.25, -0.2) is 8.42 Å². The Morgan fingerprint density at radius 2 is 1.83 bits per heavy atom. The van der Waals surface area contributed by atoms with Gasteiger partial charge in [-0.3, -0.25) is 9.10 Å². The van der Waals surface area contributed by atoms with Crippen molar-refractivity contribution in [1.82, 2.24) is 5.32 Å². The van der Waals surface area contributed by atoms with Gasteiger partial charge in [0.15, 0.2) is 11.5 Å². The summed E-state index contributed by atoms with van der Waals surface area (Å²) < 4.78 is 36.5. The fourth-order valence-corrected chi connectivity index (χ4v) is 4.55. The fraction of sp³-hybridized carbons (Fsp3) is 0.381. The lowest BCUT2D eigenvalue weighted by molar-refractivity contribution is -0.122. The molecule has 0 aliphatic heterocycles. The second kappa shape index (κ2) is 10.5. The van der Waals surface area contributed by atoms with E-state index in [0.717, 1.165) is 16.1 Å². The van der Waals surface area contributed by atoms with Crippen molar-refractivity contribution in [2.24, 2.45) is 0 Å². The molecule has 0 unspecified atom stereocenters. The van der Waals surface area contributed by atoms with Crippen LogP contribution in [0.3, 0.4) is 0 Å². The van der Waals surface area contributed by atoms with Crippen molar-refractivity contribution in [2.45, 2.75) is 25.8 Å². The Labute approximate surface area is 183 Å². The maximum atomic E-state index is 12.8. The summed E-state index contributed by atoms with van der Waals surface area (Å²) >= 11 is 6.02. The van der Waals surface area contributed by atoms with Gasteiger partial charge in [-0.15, -0.1) is 0 Å². The van der Waals surface area contributed by atoms with Crippen LogP contribution in [0.25, 0.3) is 0 Å². The Hall–Kier alpha value is -2.45. The van der Waals surface area contributed by atoms with Crippen molar-refractivity contribution >= 4 is 33.2 Å². The number of hydrogen-bond donors (Lipinski definition) is 1. The molecule has 2 aromatic rings. The summed E-state index contributed by atoms with van der Waals surface area (Å²) in [5.41, 5.74) is 1.31. The fourth-order valence-electron chi connectivity index (χ4n) is 3.16. The number of sulfonamides is 1. The Morgan fingerprint density at radius 1 is 1.13 bits per heavy atom. The number of anilines is 1. The van der Waals surface area contributed by atoms with Crippen molar-refractivity contribution < 1.29 is 22.7 Å². The zero-order valence-corrected chi connectivity index (χ0v) is 19.1. The summed E-state index contributed by atoms with van der Waals surface area (Å²) in [5, 5.41) is 3.23. The number of nitrogens with zero attached hydrogens (tertiary/aromatic N) is 1. The molecule has 9 heteroatoms. The van der Waals surface area contributed by atoms with Crippen LogP contribution in [0.15, 0.2) is 42.5 Å². The first-order valence-corrected chi connectivity index (χ1v) is 11.7. The second-order valence-corrected chi connectivity index (χ2v) is 8.99. The highest BCUT2D eigenvalue weighted by molar-refractivity contribution is 7.92. The molecule has 0 saturated carbocycles. The van der Waals surface area contributed by atoms with Crippen LogP contribution in [0.4, 0.5) is 5.69 Å². The van der Waals surface area contributed by atoms with Gasteiger partial charge in [0.2, 0.25) is 15.9 Å². The van der Waals surface area contributed by atoms with Crippen LogP contribution in [0.1, 0.15) is 18.9 Å². The van der Waals surface area contributed by atoms with Gasteiger partial charge in [0, 0.05) is 11.6 Å². The number of carbonyl (C=O) groups is 1. The van der Waals surface area contributed by atoms with Gasteiger partial charge in [0.25, 0.3) is 0 Å². The van der Waals surface area contributed by atoms with Crippen LogP contribution in [0.2, 0.25) is 5.02 Å². The van der Waals surface area contributed by atoms with Crippen molar-refractivity contribution in [3.63, 3.8) is 0 Å². The van der Waals surface area contributed by atoms with Crippen LogP contribution in [-0.4, -0.2) is 47.4 Å². The third kappa shape index (κ3) is 6.03. The van der Waals surface area contributed by atoms with E-state index in [2.05, 4.69) is 5.32 Å². The summed E-state index contributed by atoms with van der Waals surface area (Å²) in [5.74, 6) is 0.863. The van der Waals surface area contributed by atoms with E-state index in [0.29, 0.717) is 41.6 Å². The predicted molar refractivity (Wildman–Crippen MR) is 119 cm³/mol. The number of methoxy groups -OCH3 is 2. The average molecular weight is 455 g/mol. The quantitative estimate of drug-likeness (QED) is 0.595. The third-order valence-corrected chi connectivity index (χ3v) is 5.97. The minimum absolute atomic E-state index is 0.307. The number of amides is 1. The van der Waals surface area contributed by atoms with E-state index in [1.165, 1.54) is 6.07 Å². The number of ether oxygens (including phenoxy) is 2. The monoisotopic (exact) mass is 454 g/mol. The van der Waals surface area contributed by atoms with Gasteiger partial charge >= 0.3 is 0 Å². The molecule has 1 amide bonds. The minimum Gasteiger partial charge on any atom is -0.493 e. The number of halogens is 1. The van der Waals surface area contributed by atoms with Crippen LogP contribution < -0.4 is 19.1 Å². The number of hydrogen-bond acceptors (Lipinski definition) is 5. The Kier molecular flexibility index (Phi) is 8.37. The maximum Gasteiger partial charge on any atom is 0.243 e. The molecular weight excluding hydrogens is 428 g/mol. The molecule has 2 rings (SSSR count). The molecular formula is C21H27ClN2O5S. The first-order valence-electron chi connectivity index (χ1n) is 9.44. The van der Waals surface area contributed by atoms with E-state index in [4.69, 9.17) is 21.1 Å². The van der Waals surface area contributed by atoms with E-state index in [1.54, 1.807) is 45.4 Å². The summed E-state index contributed by atoms with van der Waals surface area (Å²) in [6.45, 7) is 2.11. The van der Waals surface area contributed by atoms with E-state index in [1.807, 2.05) is 12.1 Å². The van der Waals surface area contributed by atoms with E-state index < -0.39 is 16.1 Å². The van der Waals surface area contributed by atoms with Gasteiger partial charge in [-0.1, -0.05) is 30.7 Å². The average Bonchev–Trinajstić information content (AvgIpc) is 2.70. The zero-order valence-electron chi connectivity index (χ0n) is 17.5. The summed E-state index contributed by atoms with van der Waals surface area (Å²) in [6.07, 6.45) is 1.94. The Balaban J connectivity index is 2.13. The molecule has 164 valence electrons. The van der Waals surface area contributed by atoms with E-state index >= 15 is 0 Å². The molecule has 0 spiro atoms. The van der Waals surface area contributed by atoms with Gasteiger partial charge in [-0.2, -0.15) is 0 Å². The molecule has 1 N–H and O–H groups in total. The van der Waals surface area contributed by atoms with Crippen LogP contribution in [-0.2, 0) is 21.2 Å². The lowest BCUT2D eigenvalue weighted by Gasteiger charge is -2.30.